The molecule has 0 amide bonds. The number of aromatic nitrogens is 3. The summed E-state index contributed by atoms with van der Waals surface area (Å²) in [6.07, 6.45) is 2.68. The number of nitrogens with one attached hydrogen (secondary N) is 1. The van der Waals surface area contributed by atoms with Gasteiger partial charge in [-0.1, -0.05) is 18.3 Å². The Bertz CT molecular complexity index is 220. The molecule has 0 bridgehead atoms. The maximum Gasteiger partial charge on any atom is 0.185 e. The summed E-state index contributed by atoms with van der Waals surface area (Å²) in [6, 6.07) is 0. The third kappa shape index (κ3) is 3.63. The van der Waals surface area contributed by atoms with E-state index in [-0.39, 0.29) is 0 Å². The molecule has 0 spiro atoms. The van der Waals surface area contributed by atoms with Gasteiger partial charge in [0.2, 0.25) is 0 Å². The quantitative estimate of drug-likeness (QED) is 0.743. The Labute approximate surface area is 83.4 Å². The molecule has 1 N–H and O–H groups in total. The van der Waals surface area contributed by atoms with Gasteiger partial charge in [-0.3, -0.25) is 5.10 Å². The van der Waals surface area contributed by atoms with Crippen LogP contribution in [0.25, 0.3) is 0 Å². The third-order valence-electron chi connectivity index (χ3n) is 1.23. The molecule has 1 atom stereocenters. The Hall–Kier alpha value is -0.120. The van der Waals surface area contributed by atoms with Gasteiger partial charge in [-0.25, -0.2) is 4.98 Å². The summed E-state index contributed by atoms with van der Waals surface area (Å²) in [7, 11) is -0.637. The third-order valence-corrected chi connectivity index (χ3v) is 5.20. The lowest BCUT2D eigenvalue weighted by molar-refractivity contribution is 0.390. The molecule has 13 heavy (non-hydrogen) atoms. The van der Waals surface area contributed by atoms with Crippen LogP contribution in [0.15, 0.2) is 6.33 Å². The predicted molar refractivity (Wildman–Crippen MR) is 57.3 cm³/mol. The average molecular weight is 219 g/mol. The van der Waals surface area contributed by atoms with Crippen molar-refractivity contribution in [2.24, 2.45) is 0 Å². The van der Waals surface area contributed by atoms with Gasteiger partial charge >= 0.3 is 0 Å². The second kappa shape index (κ2) is 6.35. The number of hydrogen-bond donors (Lipinski definition) is 1. The van der Waals surface area contributed by atoms with Crippen molar-refractivity contribution in [2.45, 2.75) is 20.3 Å². The van der Waals surface area contributed by atoms with Crippen LogP contribution >= 0.6 is 18.7 Å². The first kappa shape index (κ1) is 11.0. The minimum atomic E-state index is -0.637. The van der Waals surface area contributed by atoms with Crippen molar-refractivity contribution >= 4 is 24.3 Å². The van der Waals surface area contributed by atoms with E-state index in [1.165, 1.54) is 6.33 Å². The Morgan fingerprint density at radius 3 is 3.00 bits per heavy atom. The summed E-state index contributed by atoms with van der Waals surface area (Å²) in [6.45, 7) is 4.88. The SMILES string of the molecule is CCCSP(OCC)c1ncn[nH]1. The monoisotopic (exact) mass is 219 g/mol. The molecule has 4 nitrogen and oxygen atoms in total. The molecule has 1 heterocycles. The molecule has 0 fully saturated rings. The smallest absolute Gasteiger partial charge is 0.185 e. The lowest BCUT2D eigenvalue weighted by atomic mass is 10.6. The summed E-state index contributed by atoms with van der Waals surface area (Å²) in [5, 5.41) is 6.67. The number of rotatable bonds is 6. The fraction of sp³-hybridized carbons (Fsp3) is 0.714. The van der Waals surface area contributed by atoms with Crippen LogP contribution in [0.3, 0.4) is 0 Å². The highest BCUT2D eigenvalue weighted by Gasteiger charge is 2.14. The molecule has 74 valence electrons. The number of nitrogens with zero attached hydrogens (tertiary/aromatic N) is 2. The van der Waals surface area contributed by atoms with Crippen LogP contribution in [0, 0.1) is 0 Å². The normalized spacial score (nSPS) is 13.1. The first-order valence-corrected chi connectivity index (χ1v) is 7.14. The standard InChI is InChI=1S/C7H14N3OPS/c1-3-5-13-12(11-4-2)7-8-6-9-10-7/h6H,3-5H2,1-2H3,(H,8,9,10). The number of aromatic amines is 1. The van der Waals surface area contributed by atoms with Gasteiger partial charge in [0.05, 0.1) is 0 Å². The van der Waals surface area contributed by atoms with Crippen molar-refractivity contribution < 1.29 is 4.52 Å². The number of hydrogen-bond acceptors (Lipinski definition) is 4. The van der Waals surface area contributed by atoms with E-state index in [0.29, 0.717) is 0 Å². The van der Waals surface area contributed by atoms with E-state index in [9.17, 15) is 0 Å². The molecule has 1 aromatic rings. The molecule has 0 saturated heterocycles. The summed E-state index contributed by atoms with van der Waals surface area (Å²) in [5.74, 6) is 1.10. The molecule has 1 rings (SSSR count). The van der Waals surface area contributed by atoms with Gasteiger partial charge in [0.15, 0.2) is 12.9 Å². The molecule has 0 saturated carbocycles. The van der Waals surface area contributed by atoms with Gasteiger partial charge < -0.3 is 4.52 Å². The fourth-order valence-corrected chi connectivity index (χ4v) is 4.14. The minimum absolute atomic E-state index is 0.637. The Morgan fingerprint density at radius 2 is 2.46 bits per heavy atom. The molecule has 0 aliphatic rings. The van der Waals surface area contributed by atoms with Gasteiger partial charge in [-0.2, -0.15) is 5.10 Å². The van der Waals surface area contributed by atoms with E-state index in [2.05, 4.69) is 22.1 Å². The van der Waals surface area contributed by atoms with Crippen LogP contribution in [-0.2, 0) is 4.52 Å². The minimum Gasteiger partial charge on any atom is -0.342 e. The van der Waals surface area contributed by atoms with Gasteiger partial charge in [0, 0.05) is 6.61 Å². The maximum atomic E-state index is 5.58. The van der Waals surface area contributed by atoms with Crippen molar-refractivity contribution in [3.63, 3.8) is 0 Å². The van der Waals surface area contributed by atoms with Crippen LogP contribution in [0.4, 0.5) is 0 Å². The maximum absolute atomic E-state index is 5.58. The van der Waals surface area contributed by atoms with Gasteiger partial charge in [0.25, 0.3) is 0 Å². The summed E-state index contributed by atoms with van der Waals surface area (Å²) >= 11 is 1.81. The van der Waals surface area contributed by atoms with Gasteiger partial charge in [0.1, 0.15) is 6.33 Å². The van der Waals surface area contributed by atoms with Crippen LogP contribution in [0.1, 0.15) is 20.3 Å². The molecule has 0 aliphatic heterocycles. The predicted octanol–water partition coefficient (Wildman–Crippen LogP) is 1.92. The first-order valence-electron chi connectivity index (χ1n) is 4.29. The highest BCUT2D eigenvalue weighted by Crippen LogP contribution is 2.48. The first-order chi connectivity index (χ1) is 6.38. The molecule has 1 unspecified atom stereocenters. The zero-order valence-corrected chi connectivity index (χ0v) is 9.57. The second-order valence-corrected chi connectivity index (χ2v) is 5.95. The van der Waals surface area contributed by atoms with Crippen molar-refractivity contribution in [3.8, 4) is 0 Å². The van der Waals surface area contributed by atoms with Crippen molar-refractivity contribution in [1.29, 1.82) is 0 Å². The zero-order chi connectivity index (χ0) is 9.52. The van der Waals surface area contributed by atoms with Gasteiger partial charge in [-0.15, -0.1) is 0 Å². The molecule has 1 aromatic heterocycles. The highest BCUT2D eigenvalue weighted by molar-refractivity contribution is 8.56. The summed E-state index contributed by atoms with van der Waals surface area (Å²) in [5.41, 5.74) is 0.871. The van der Waals surface area contributed by atoms with E-state index in [4.69, 9.17) is 4.52 Å². The van der Waals surface area contributed by atoms with E-state index in [0.717, 1.165) is 24.3 Å². The lowest BCUT2D eigenvalue weighted by Crippen LogP contribution is -2.06. The van der Waals surface area contributed by atoms with E-state index < -0.39 is 7.35 Å². The second-order valence-electron chi connectivity index (χ2n) is 2.32. The molecule has 6 heteroatoms. The molecule has 0 aromatic carbocycles. The average Bonchev–Trinajstić information content (AvgIpc) is 2.65. The summed E-state index contributed by atoms with van der Waals surface area (Å²) < 4.78 is 5.58. The Balaban J connectivity index is 2.47. The van der Waals surface area contributed by atoms with Crippen LogP contribution in [-0.4, -0.2) is 27.5 Å². The fourth-order valence-electron chi connectivity index (χ4n) is 0.738. The zero-order valence-electron chi connectivity index (χ0n) is 7.86. The Kier molecular flexibility index (Phi) is 5.35. The molecular weight excluding hydrogens is 205 g/mol. The molecule has 0 radical (unpaired) electrons. The summed E-state index contributed by atoms with van der Waals surface area (Å²) in [4.78, 5) is 4.10. The Morgan fingerprint density at radius 1 is 1.62 bits per heavy atom. The lowest BCUT2D eigenvalue weighted by Gasteiger charge is -2.11. The van der Waals surface area contributed by atoms with Crippen molar-refractivity contribution in [3.05, 3.63) is 6.33 Å². The molecule has 0 aliphatic carbocycles. The van der Waals surface area contributed by atoms with Crippen molar-refractivity contribution in [1.82, 2.24) is 15.2 Å². The number of H-pyrrole nitrogens is 1. The topological polar surface area (TPSA) is 50.8 Å². The van der Waals surface area contributed by atoms with Gasteiger partial charge in [-0.05, 0) is 19.1 Å². The van der Waals surface area contributed by atoms with E-state index in [1.54, 1.807) is 0 Å². The van der Waals surface area contributed by atoms with Crippen LogP contribution in [0.2, 0.25) is 0 Å². The largest absolute Gasteiger partial charge is 0.342 e. The highest BCUT2D eigenvalue weighted by atomic mass is 32.7. The van der Waals surface area contributed by atoms with E-state index >= 15 is 0 Å². The van der Waals surface area contributed by atoms with Crippen LogP contribution in [0.5, 0.6) is 0 Å². The van der Waals surface area contributed by atoms with E-state index in [1.807, 2.05) is 18.3 Å². The van der Waals surface area contributed by atoms with Crippen molar-refractivity contribution in [2.75, 3.05) is 12.4 Å². The molecular formula is C7H14N3OPS. The van der Waals surface area contributed by atoms with Crippen LogP contribution < -0.4 is 5.57 Å².